The Morgan fingerprint density at radius 2 is 1.85 bits per heavy atom. The minimum absolute atomic E-state index is 0.0430. The quantitative estimate of drug-likeness (QED) is 0.907. The number of carbonyl (C=O) groups is 2. The Hall–Kier alpha value is -2.62. The molecule has 2 aromatic rings. The fourth-order valence-electron chi connectivity index (χ4n) is 4.77. The van der Waals surface area contributed by atoms with E-state index >= 15 is 0 Å². The van der Waals surface area contributed by atoms with Gasteiger partial charge in [-0.05, 0) is 55.0 Å². The second-order valence-corrected chi connectivity index (χ2v) is 8.23. The van der Waals surface area contributed by atoms with Crippen molar-refractivity contribution in [3.63, 3.8) is 0 Å². The zero-order valence-electron chi connectivity index (χ0n) is 14.9. The number of hydrogen-bond acceptors (Lipinski definition) is 2. The number of fused-ring (bicyclic) bond motifs is 1. The van der Waals surface area contributed by atoms with Gasteiger partial charge in [0.15, 0.2) is 0 Å². The molecule has 2 amide bonds. The number of aryl methyl sites for hydroxylation is 1. The molecular weight excluding hydrogens is 324 g/mol. The predicted octanol–water partition coefficient (Wildman–Crippen LogP) is 3.26. The lowest BCUT2D eigenvalue weighted by Crippen LogP contribution is -2.63. The molecule has 4 nitrogen and oxygen atoms in total. The van der Waals surface area contributed by atoms with Crippen LogP contribution in [0.3, 0.4) is 0 Å². The molecule has 1 saturated carbocycles. The minimum atomic E-state index is -0.0430. The normalized spacial score (nSPS) is 20.3. The molecule has 4 heteroatoms. The fourth-order valence-corrected chi connectivity index (χ4v) is 4.77. The molecule has 5 rings (SSSR count). The van der Waals surface area contributed by atoms with Gasteiger partial charge in [-0.2, -0.15) is 0 Å². The van der Waals surface area contributed by atoms with Crippen LogP contribution in [0.25, 0.3) is 0 Å². The highest BCUT2D eigenvalue weighted by molar-refractivity contribution is 6.01. The van der Waals surface area contributed by atoms with E-state index in [9.17, 15) is 9.59 Å². The zero-order valence-corrected chi connectivity index (χ0v) is 14.9. The number of likely N-dealkylation sites (tertiary alicyclic amines) is 1. The lowest BCUT2D eigenvalue weighted by atomic mass is 9.56. The highest BCUT2D eigenvalue weighted by atomic mass is 16.2. The van der Waals surface area contributed by atoms with Gasteiger partial charge in [0.1, 0.15) is 0 Å². The number of nitrogens with zero attached hydrogens (tertiary/aromatic N) is 1. The highest BCUT2D eigenvalue weighted by Gasteiger charge is 2.53. The largest absolute Gasteiger partial charge is 0.348 e. The van der Waals surface area contributed by atoms with Crippen LogP contribution in [0.2, 0.25) is 0 Å². The fraction of sp³-hybridized carbons (Fsp3) is 0.364. The molecule has 1 spiro atoms. The Labute approximate surface area is 153 Å². The second-order valence-electron chi connectivity index (χ2n) is 8.23. The molecule has 2 aliphatic heterocycles. The summed E-state index contributed by atoms with van der Waals surface area (Å²) in [5.74, 6) is 0.694. The van der Waals surface area contributed by atoms with Gasteiger partial charge in [0.25, 0.3) is 11.8 Å². The Kier molecular flexibility index (Phi) is 3.27. The summed E-state index contributed by atoms with van der Waals surface area (Å²) in [6.45, 7) is 4.37. The number of benzene rings is 2. The van der Waals surface area contributed by atoms with Crippen LogP contribution in [0.15, 0.2) is 42.5 Å². The molecule has 132 valence electrons. The molecule has 0 radical (unpaired) electrons. The Morgan fingerprint density at radius 3 is 2.58 bits per heavy atom. The predicted molar refractivity (Wildman–Crippen MR) is 99.1 cm³/mol. The standard InChI is InChI=1S/C22H22N2O2/c1-14-2-4-15(5-3-14)18-9-22(10-18)12-24(13-22)21(26)16-6-7-19-17(8-16)11-23-20(19)25/h2-8,18H,9-13H2,1H3,(H,23,25). The van der Waals surface area contributed by atoms with Crippen LogP contribution in [-0.4, -0.2) is 29.8 Å². The van der Waals surface area contributed by atoms with Gasteiger partial charge < -0.3 is 10.2 Å². The number of carbonyl (C=O) groups excluding carboxylic acids is 2. The van der Waals surface area contributed by atoms with Crippen LogP contribution in [0.4, 0.5) is 0 Å². The summed E-state index contributed by atoms with van der Waals surface area (Å²) in [6, 6.07) is 14.3. The van der Waals surface area contributed by atoms with Crippen molar-refractivity contribution in [2.75, 3.05) is 13.1 Å². The summed E-state index contributed by atoms with van der Waals surface area (Å²) < 4.78 is 0. The molecule has 0 bridgehead atoms. The molecular formula is C22H22N2O2. The van der Waals surface area contributed by atoms with Crippen LogP contribution in [0, 0.1) is 12.3 Å². The van der Waals surface area contributed by atoms with Crippen LogP contribution >= 0.6 is 0 Å². The lowest BCUT2D eigenvalue weighted by Gasteiger charge is -2.59. The third kappa shape index (κ3) is 2.36. The van der Waals surface area contributed by atoms with Gasteiger partial charge in [-0.3, -0.25) is 9.59 Å². The summed E-state index contributed by atoms with van der Waals surface area (Å²) in [7, 11) is 0. The molecule has 3 aliphatic rings. The van der Waals surface area contributed by atoms with Crippen molar-refractivity contribution in [2.45, 2.75) is 32.2 Å². The van der Waals surface area contributed by atoms with Gasteiger partial charge in [0, 0.05) is 36.2 Å². The van der Waals surface area contributed by atoms with Crippen LogP contribution < -0.4 is 5.32 Å². The molecule has 26 heavy (non-hydrogen) atoms. The molecule has 2 heterocycles. The Balaban J connectivity index is 1.22. The van der Waals surface area contributed by atoms with Crippen molar-refractivity contribution < 1.29 is 9.59 Å². The smallest absolute Gasteiger partial charge is 0.253 e. The monoisotopic (exact) mass is 346 g/mol. The van der Waals surface area contributed by atoms with Gasteiger partial charge in [0.2, 0.25) is 0 Å². The first-order valence-electron chi connectivity index (χ1n) is 9.30. The molecule has 0 unspecified atom stereocenters. The van der Waals surface area contributed by atoms with E-state index < -0.39 is 0 Å². The molecule has 1 aliphatic carbocycles. The number of hydrogen-bond donors (Lipinski definition) is 1. The summed E-state index contributed by atoms with van der Waals surface area (Å²) in [5, 5.41) is 2.80. The van der Waals surface area contributed by atoms with E-state index in [1.54, 1.807) is 12.1 Å². The van der Waals surface area contributed by atoms with Crippen molar-refractivity contribution >= 4 is 11.8 Å². The minimum Gasteiger partial charge on any atom is -0.348 e. The maximum atomic E-state index is 12.7. The molecule has 1 saturated heterocycles. The third-order valence-electron chi connectivity index (χ3n) is 6.28. The molecule has 0 aromatic heterocycles. The van der Waals surface area contributed by atoms with Crippen molar-refractivity contribution in [1.29, 1.82) is 0 Å². The molecule has 1 N–H and O–H groups in total. The van der Waals surface area contributed by atoms with Crippen LogP contribution in [0.1, 0.15) is 56.2 Å². The van der Waals surface area contributed by atoms with E-state index in [2.05, 4.69) is 36.5 Å². The van der Waals surface area contributed by atoms with E-state index in [1.807, 2.05) is 11.0 Å². The number of rotatable bonds is 2. The van der Waals surface area contributed by atoms with E-state index in [0.29, 0.717) is 29.0 Å². The van der Waals surface area contributed by atoms with E-state index in [-0.39, 0.29) is 11.8 Å². The maximum absolute atomic E-state index is 12.7. The van der Waals surface area contributed by atoms with Gasteiger partial charge in [-0.15, -0.1) is 0 Å². The van der Waals surface area contributed by atoms with Gasteiger partial charge >= 0.3 is 0 Å². The Bertz CT molecular complexity index is 902. The highest BCUT2D eigenvalue weighted by Crippen LogP contribution is 2.56. The van der Waals surface area contributed by atoms with E-state index in [4.69, 9.17) is 0 Å². The van der Waals surface area contributed by atoms with Gasteiger partial charge in [0.05, 0.1) is 0 Å². The first-order valence-corrected chi connectivity index (χ1v) is 9.30. The van der Waals surface area contributed by atoms with Crippen molar-refractivity contribution in [3.8, 4) is 0 Å². The molecule has 2 fully saturated rings. The molecule has 0 atom stereocenters. The van der Waals surface area contributed by atoms with Crippen molar-refractivity contribution in [2.24, 2.45) is 5.41 Å². The maximum Gasteiger partial charge on any atom is 0.253 e. The average Bonchev–Trinajstić information content (AvgIpc) is 2.94. The van der Waals surface area contributed by atoms with Crippen LogP contribution in [-0.2, 0) is 6.54 Å². The average molecular weight is 346 g/mol. The topological polar surface area (TPSA) is 49.4 Å². The lowest BCUT2D eigenvalue weighted by molar-refractivity contribution is -0.0554. The van der Waals surface area contributed by atoms with E-state index in [0.717, 1.165) is 18.7 Å². The number of amides is 2. The summed E-state index contributed by atoms with van der Waals surface area (Å²) in [6.07, 6.45) is 2.37. The van der Waals surface area contributed by atoms with Gasteiger partial charge in [-0.1, -0.05) is 29.8 Å². The van der Waals surface area contributed by atoms with Crippen LogP contribution in [0.5, 0.6) is 0 Å². The second kappa shape index (κ2) is 5.44. The first kappa shape index (κ1) is 15.6. The summed E-state index contributed by atoms with van der Waals surface area (Å²) >= 11 is 0. The zero-order chi connectivity index (χ0) is 17.9. The third-order valence-corrected chi connectivity index (χ3v) is 6.28. The summed E-state index contributed by atoms with van der Waals surface area (Å²) in [5.41, 5.74) is 5.39. The number of nitrogens with one attached hydrogen (secondary N) is 1. The van der Waals surface area contributed by atoms with E-state index in [1.165, 1.54) is 24.0 Å². The first-order chi connectivity index (χ1) is 12.5. The Morgan fingerprint density at radius 1 is 1.12 bits per heavy atom. The molecule has 2 aromatic carbocycles. The van der Waals surface area contributed by atoms with Gasteiger partial charge in [-0.25, -0.2) is 0 Å². The SMILES string of the molecule is Cc1ccc(C2CC3(C2)CN(C(=O)c2ccc4c(c2)CNC4=O)C3)cc1. The summed E-state index contributed by atoms with van der Waals surface area (Å²) in [4.78, 5) is 26.3. The van der Waals surface area contributed by atoms with Crippen molar-refractivity contribution in [3.05, 3.63) is 70.3 Å². The van der Waals surface area contributed by atoms with Crippen molar-refractivity contribution in [1.82, 2.24) is 10.2 Å².